The second kappa shape index (κ2) is 3.55. The summed E-state index contributed by atoms with van der Waals surface area (Å²) in [5, 5.41) is -0.159. The van der Waals surface area contributed by atoms with Crippen molar-refractivity contribution < 1.29 is 16.7 Å². The fourth-order valence-corrected chi connectivity index (χ4v) is 1.65. The van der Waals surface area contributed by atoms with Crippen LogP contribution in [0.1, 0.15) is 5.56 Å². The molecule has 1 heterocycles. The minimum absolute atomic E-state index is 0.159. The third kappa shape index (κ3) is 2.89. The van der Waals surface area contributed by atoms with Gasteiger partial charge in [0, 0.05) is 11.8 Å². The smallest absolute Gasteiger partial charge is 0.228 e. The van der Waals surface area contributed by atoms with Crippen LogP contribution < -0.4 is 0 Å². The molecule has 13 heavy (non-hydrogen) atoms. The van der Waals surface area contributed by atoms with Crippen molar-refractivity contribution in [1.29, 1.82) is 0 Å². The predicted octanol–water partition coefficient (Wildman–Crippen LogP) is 1.67. The van der Waals surface area contributed by atoms with Crippen molar-refractivity contribution in [2.75, 3.05) is 0 Å². The summed E-state index contributed by atoms with van der Waals surface area (Å²) >= 11 is 5.42. The second-order valence-electron chi connectivity index (χ2n) is 2.25. The van der Waals surface area contributed by atoms with Gasteiger partial charge in [0.25, 0.3) is 0 Å². The molecule has 0 unspecified atom stereocenters. The summed E-state index contributed by atoms with van der Waals surface area (Å²) in [6, 6.07) is 1.19. The van der Waals surface area contributed by atoms with E-state index in [0.717, 1.165) is 6.20 Å². The lowest BCUT2D eigenvalue weighted by Gasteiger charge is -2.00. The largest absolute Gasteiger partial charge is 0.306 e. The number of pyridine rings is 1. The van der Waals surface area contributed by atoms with Crippen LogP contribution >= 0.6 is 11.6 Å². The molecule has 0 aliphatic carbocycles. The fourth-order valence-electron chi connectivity index (χ4n) is 0.746. The van der Waals surface area contributed by atoms with Crippen LogP contribution in [0, 0.1) is 5.95 Å². The van der Waals surface area contributed by atoms with E-state index in [9.17, 15) is 16.7 Å². The van der Waals surface area contributed by atoms with Gasteiger partial charge in [-0.25, -0.2) is 4.98 Å². The number of nitrogens with zero attached hydrogens (tertiary/aromatic N) is 1. The molecule has 0 fully saturated rings. The number of aromatic nitrogens is 1. The summed E-state index contributed by atoms with van der Waals surface area (Å²) < 4.78 is 45.3. The zero-order valence-electron chi connectivity index (χ0n) is 6.17. The number of rotatable bonds is 2. The molecule has 0 aliphatic heterocycles. The summed E-state index contributed by atoms with van der Waals surface area (Å²) in [7, 11) is -4.79. The van der Waals surface area contributed by atoms with Gasteiger partial charge in [-0.15, -0.1) is 3.89 Å². The summed E-state index contributed by atoms with van der Waals surface area (Å²) in [6.07, 6.45) is 1.06. The van der Waals surface area contributed by atoms with Crippen molar-refractivity contribution in [2.45, 2.75) is 5.75 Å². The molecule has 0 aromatic carbocycles. The first kappa shape index (κ1) is 10.3. The van der Waals surface area contributed by atoms with Gasteiger partial charge < -0.3 is 0 Å². The molecule has 0 radical (unpaired) electrons. The van der Waals surface area contributed by atoms with E-state index < -0.39 is 27.5 Å². The highest BCUT2D eigenvalue weighted by molar-refractivity contribution is 7.85. The Bertz CT molecular complexity index is 400. The third-order valence-corrected chi connectivity index (χ3v) is 2.25. The highest BCUT2D eigenvalue weighted by Gasteiger charge is 2.16. The lowest BCUT2D eigenvalue weighted by molar-refractivity contribution is 0.541. The van der Waals surface area contributed by atoms with E-state index in [0.29, 0.717) is 0 Å². The lowest BCUT2D eigenvalue weighted by Crippen LogP contribution is -2.01. The van der Waals surface area contributed by atoms with Gasteiger partial charge in [0.2, 0.25) is 5.95 Å². The summed E-state index contributed by atoms with van der Waals surface area (Å²) in [5.41, 5.74) is -0.452. The van der Waals surface area contributed by atoms with Gasteiger partial charge in [-0.1, -0.05) is 11.6 Å². The number of hydrogen-bond acceptors (Lipinski definition) is 3. The van der Waals surface area contributed by atoms with Crippen LogP contribution in [0.2, 0.25) is 5.02 Å². The summed E-state index contributed by atoms with van der Waals surface area (Å²) in [4.78, 5) is 3.14. The molecule has 0 saturated carbocycles. The van der Waals surface area contributed by atoms with E-state index >= 15 is 0 Å². The van der Waals surface area contributed by atoms with Gasteiger partial charge in [0.15, 0.2) is 0 Å². The van der Waals surface area contributed by atoms with E-state index in [2.05, 4.69) is 4.98 Å². The summed E-state index contributed by atoms with van der Waals surface area (Å²) in [5.74, 6) is -2.17. The zero-order chi connectivity index (χ0) is 10.1. The van der Waals surface area contributed by atoms with Crippen LogP contribution in [-0.2, 0) is 16.0 Å². The van der Waals surface area contributed by atoms with Gasteiger partial charge in [-0.2, -0.15) is 12.8 Å². The Hall–Kier alpha value is -0.750. The van der Waals surface area contributed by atoms with E-state index in [1.165, 1.54) is 6.07 Å². The van der Waals surface area contributed by atoms with E-state index in [1.54, 1.807) is 0 Å². The lowest BCUT2D eigenvalue weighted by atomic mass is 10.3. The first-order chi connectivity index (χ1) is 5.90. The first-order valence-corrected chi connectivity index (χ1v) is 5.04. The van der Waals surface area contributed by atoms with Crippen molar-refractivity contribution in [3.8, 4) is 0 Å². The molecule has 0 bridgehead atoms. The molecule has 0 N–H and O–H groups in total. The van der Waals surface area contributed by atoms with E-state index in [1.807, 2.05) is 0 Å². The van der Waals surface area contributed by atoms with Crippen LogP contribution in [0.25, 0.3) is 0 Å². The molecular formula is C6H4ClF2NO2S. The van der Waals surface area contributed by atoms with Crippen molar-refractivity contribution in [3.05, 3.63) is 28.8 Å². The quantitative estimate of drug-likeness (QED) is 0.570. The minimum atomic E-state index is -4.79. The fraction of sp³-hybridized carbons (Fsp3) is 0.167. The standard InChI is InChI=1S/C6H4ClF2NO2S/c7-5-1-2-10-6(8)4(5)3-13(9,11)12/h1-2H,3H2. The van der Waals surface area contributed by atoms with Crippen LogP contribution in [0.4, 0.5) is 8.28 Å². The Balaban J connectivity index is 3.15. The van der Waals surface area contributed by atoms with Crippen molar-refractivity contribution in [3.63, 3.8) is 0 Å². The number of hydrogen-bond donors (Lipinski definition) is 0. The normalized spacial score (nSPS) is 11.6. The van der Waals surface area contributed by atoms with Crippen molar-refractivity contribution in [2.24, 2.45) is 0 Å². The average molecular weight is 228 g/mol. The molecule has 0 saturated heterocycles. The Morgan fingerprint density at radius 2 is 2.15 bits per heavy atom. The zero-order valence-corrected chi connectivity index (χ0v) is 7.74. The molecule has 0 atom stereocenters. The van der Waals surface area contributed by atoms with Gasteiger partial charge in [-0.05, 0) is 6.07 Å². The molecule has 0 aliphatic rings. The first-order valence-electron chi connectivity index (χ1n) is 3.11. The molecule has 1 aromatic heterocycles. The van der Waals surface area contributed by atoms with Gasteiger partial charge in [0.1, 0.15) is 5.75 Å². The van der Waals surface area contributed by atoms with E-state index in [-0.39, 0.29) is 5.02 Å². The van der Waals surface area contributed by atoms with Crippen LogP contribution in [0.5, 0.6) is 0 Å². The SMILES string of the molecule is O=S(=O)(F)Cc1c(Cl)ccnc1F. The Labute approximate surface area is 78.6 Å². The minimum Gasteiger partial charge on any atom is -0.228 e. The maximum absolute atomic E-state index is 12.8. The summed E-state index contributed by atoms with van der Waals surface area (Å²) in [6.45, 7) is 0. The topological polar surface area (TPSA) is 47.0 Å². The molecule has 1 aromatic rings. The van der Waals surface area contributed by atoms with Crippen LogP contribution in [0.3, 0.4) is 0 Å². The molecule has 3 nitrogen and oxygen atoms in total. The van der Waals surface area contributed by atoms with Gasteiger partial charge >= 0.3 is 10.2 Å². The van der Waals surface area contributed by atoms with E-state index in [4.69, 9.17) is 11.6 Å². The highest BCUT2D eigenvalue weighted by Crippen LogP contribution is 2.19. The molecule has 7 heteroatoms. The second-order valence-corrected chi connectivity index (χ2v) is 4.02. The van der Waals surface area contributed by atoms with Gasteiger partial charge in [0.05, 0.1) is 5.02 Å². The third-order valence-electron chi connectivity index (χ3n) is 1.26. The Morgan fingerprint density at radius 3 is 2.62 bits per heavy atom. The average Bonchev–Trinajstić information content (AvgIpc) is 1.95. The molecule has 0 amide bonds. The molecule has 72 valence electrons. The van der Waals surface area contributed by atoms with Gasteiger partial charge in [-0.3, -0.25) is 0 Å². The molecule has 0 spiro atoms. The van der Waals surface area contributed by atoms with Crippen molar-refractivity contribution in [1.82, 2.24) is 4.98 Å². The molecular weight excluding hydrogens is 224 g/mol. The molecule has 1 rings (SSSR count). The predicted molar refractivity (Wildman–Crippen MR) is 42.9 cm³/mol. The van der Waals surface area contributed by atoms with Crippen molar-refractivity contribution >= 4 is 21.8 Å². The maximum atomic E-state index is 12.8. The number of halogens is 3. The maximum Gasteiger partial charge on any atom is 0.306 e. The van der Waals surface area contributed by atoms with Crippen LogP contribution in [0.15, 0.2) is 12.3 Å². The Morgan fingerprint density at radius 1 is 1.54 bits per heavy atom. The van der Waals surface area contributed by atoms with Crippen LogP contribution in [-0.4, -0.2) is 13.4 Å². The Kier molecular flexibility index (Phi) is 2.82. The highest BCUT2D eigenvalue weighted by atomic mass is 35.5. The monoisotopic (exact) mass is 227 g/mol.